The van der Waals surface area contributed by atoms with Gasteiger partial charge in [0.1, 0.15) is 0 Å². The molecule has 0 radical (unpaired) electrons. The Morgan fingerprint density at radius 3 is 2.46 bits per heavy atom. The van der Waals surface area contributed by atoms with E-state index in [9.17, 15) is 13.2 Å². The molecule has 0 fully saturated rings. The first-order chi connectivity index (χ1) is 11.3. The lowest BCUT2D eigenvalue weighted by atomic mass is 10.1. The van der Waals surface area contributed by atoms with Crippen LogP contribution in [0, 0.1) is 13.8 Å². The molecule has 1 amide bonds. The van der Waals surface area contributed by atoms with E-state index in [1.165, 1.54) is 27.8 Å². The van der Waals surface area contributed by atoms with Crippen LogP contribution >= 0.6 is 11.3 Å². The number of aryl methyl sites for hydroxylation is 2. The zero-order valence-electron chi connectivity index (χ0n) is 14.2. The largest absolute Gasteiger partial charge is 0.298 e. The van der Waals surface area contributed by atoms with Gasteiger partial charge in [-0.1, -0.05) is 19.9 Å². The van der Waals surface area contributed by atoms with Crippen LogP contribution in [0.25, 0.3) is 0 Å². The standard InChI is InChI=1S/C16H21N3O3S2/c1-5-19(6-2)24(21,22)13-8-7-11(3)14(9-13)15(20)18-16-17-12(4)10-23-16/h7-10H,5-6H2,1-4H3,(H,17,18,20). The van der Waals surface area contributed by atoms with Crippen molar-refractivity contribution in [2.75, 3.05) is 18.4 Å². The maximum Gasteiger partial charge on any atom is 0.257 e. The first-order valence-electron chi connectivity index (χ1n) is 7.63. The van der Waals surface area contributed by atoms with E-state index in [0.717, 1.165) is 5.69 Å². The lowest BCUT2D eigenvalue weighted by molar-refractivity contribution is 0.102. The summed E-state index contributed by atoms with van der Waals surface area (Å²) in [4.78, 5) is 16.8. The van der Waals surface area contributed by atoms with Gasteiger partial charge in [-0.05, 0) is 31.5 Å². The van der Waals surface area contributed by atoms with Crippen LogP contribution in [0.15, 0.2) is 28.5 Å². The van der Waals surface area contributed by atoms with Crippen molar-refractivity contribution in [2.45, 2.75) is 32.6 Å². The fourth-order valence-electron chi connectivity index (χ4n) is 2.29. The number of benzene rings is 1. The molecular weight excluding hydrogens is 346 g/mol. The lowest BCUT2D eigenvalue weighted by Crippen LogP contribution is -2.30. The first kappa shape index (κ1) is 18.6. The normalized spacial score (nSPS) is 11.7. The van der Waals surface area contributed by atoms with Gasteiger partial charge >= 0.3 is 0 Å². The molecule has 0 spiro atoms. The third-order valence-corrected chi connectivity index (χ3v) is 6.56. The van der Waals surface area contributed by atoms with Gasteiger partial charge in [0.25, 0.3) is 5.91 Å². The third-order valence-electron chi connectivity index (χ3n) is 3.64. The summed E-state index contributed by atoms with van der Waals surface area (Å²) in [6, 6.07) is 4.62. The average molecular weight is 367 g/mol. The molecule has 0 atom stereocenters. The maximum absolute atomic E-state index is 12.6. The lowest BCUT2D eigenvalue weighted by Gasteiger charge is -2.19. The summed E-state index contributed by atoms with van der Waals surface area (Å²) in [5.74, 6) is -0.363. The summed E-state index contributed by atoms with van der Waals surface area (Å²) < 4.78 is 26.6. The van der Waals surface area contributed by atoms with Crippen molar-refractivity contribution >= 4 is 32.4 Å². The highest BCUT2D eigenvalue weighted by Crippen LogP contribution is 2.21. The molecule has 8 heteroatoms. The summed E-state index contributed by atoms with van der Waals surface area (Å²) >= 11 is 1.33. The molecule has 1 aromatic carbocycles. The Kier molecular flexibility index (Phi) is 5.74. The van der Waals surface area contributed by atoms with E-state index in [0.29, 0.717) is 29.3 Å². The number of nitrogens with one attached hydrogen (secondary N) is 1. The second-order valence-electron chi connectivity index (χ2n) is 5.31. The molecule has 0 aliphatic carbocycles. The van der Waals surface area contributed by atoms with E-state index in [1.54, 1.807) is 26.8 Å². The Bertz CT molecular complexity index is 840. The van der Waals surface area contributed by atoms with Gasteiger partial charge in [-0.3, -0.25) is 10.1 Å². The number of sulfonamides is 1. The minimum atomic E-state index is -3.60. The molecule has 1 heterocycles. The smallest absolute Gasteiger partial charge is 0.257 e. The van der Waals surface area contributed by atoms with Crippen LogP contribution < -0.4 is 5.32 Å². The van der Waals surface area contributed by atoms with Gasteiger partial charge in [-0.2, -0.15) is 4.31 Å². The molecule has 0 unspecified atom stereocenters. The highest BCUT2D eigenvalue weighted by molar-refractivity contribution is 7.89. The fourth-order valence-corrected chi connectivity index (χ4v) is 4.46. The molecule has 0 saturated carbocycles. The van der Waals surface area contributed by atoms with Gasteiger partial charge in [0.05, 0.1) is 10.6 Å². The average Bonchev–Trinajstić information content (AvgIpc) is 2.93. The minimum absolute atomic E-state index is 0.122. The SMILES string of the molecule is CCN(CC)S(=O)(=O)c1ccc(C)c(C(=O)Nc2nc(C)cs2)c1. The number of thiazole rings is 1. The number of carbonyl (C=O) groups excluding carboxylic acids is 1. The topological polar surface area (TPSA) is 79.4 Å². The van der Waals surface area contributed by atoms with Crippen molar-refractivity contribution in [1.29, 1.82) is 0 Å². The quantitative estimate of drug-likeness (QED) is 0.851. The maximum atomic E-state index is 12.6. The number of hydrogen-bond acceptors (Lipinski definition) is 5. The monoisotopic (exact) mass is 367 g/mol. The van der Waals surface area contributed by atoms with Crippen LogP contribution in [0.4, 0.5) is 5.13 Å². The highest BCUT2D eigenvalue weighted by atomic mass is 32.2. The van der Waals surface area contributed by atoms with Crippen molar-refractivity contribution in [1.82, 2.24) is 9.29 Å². The molecular formula is C16H21N3O3S2. The second-order valence-corrected chi connectivity index (χ2v) is 8.11. The Morgan fingerprint density at radius 1 is 1.25 bits per heavy atom. The van der Waals surface area contributed by atoms with E-state index in [4.69, 9.17) is 0 Å². The molecule has 6 nitrogen and oxygen atoms in total. The van der Waals surface area contributed by atoms with Crippen molar-refractivity contribution < 1.29 is 13.2 Å². The third kappa shape index (κ3) is 3.82. The van der Waals surface area contributed by atoms with Gasteiger partial charge in [0.15, 0.2) is 5.13 Å². The van der Waals surface area contributed by atoms with Gasteiger partial charge in [-0.15, -0.1) is 11.3 Å². The molecule has 130 valence electrons. The summed E-state index contributed by atoms with van der Waals surface area (Å²) in [6.07, 6.45) is 0. The summed E-state index contributed by atoms with van der Waals surface area (Å²) in [5, 5.41) is 5.05. The number of rotatable bonds is 6. The molecule has 0 saturated heterocycles. The number of hydrogen-bond donors (Lipinski definition) is 1. The van der Waals surface area contributed by atoms with Crippen LogP contribution in [-0.2, 0) is 10.0 Å². The fraction of sp³-hybridized carbons (Fsp3) is 0.375. The number of anilines is 1. The van der Waals surface area contributed by atoms with Crippen LogP contribution in [-0.4, -0.2) is 36.7 Å². The van der Waals surface area contributed by atoms with Crippen molar-refractivity contribution in [3.8, 4) is 0 Å². The summed E-state index contributed by atoms with van der Waals surface area (Å²) in [6.45, 7) is 7.95. The van der Waals surface area contributed by atoms with E-state index in [1.807, 2.05) is 12.3 Å². The molecule has 0 aliphatic heterocycles. The highest BCUT2D eigenvalue weighted by Gasteiger charge is 2.23. The first-order valence-corrected chi connectivity index (χ1v) is 9.95. The molecule has 24 heavy (non-hydrogen) atoms. The predicted molar refractivity (Wildman–Crippen MR) is 96.1 cm³/mol. The predicted octanol–water partition coefficient (Wildman–Crippen LogP) is 3.04. The Balaban J connectivity index is 2.36. The van der Waals surface area contributed by atoms with Gasteiger partial charge in [-0.25, -0.2) is 13.4 Å². The Morgan fingerprint density at radius 2 is 1.92 bits per heavy atom. The zero-order chi connectivity index (χ0) is 17.9. The van der Waals surface area contributed by atoms with E-state index in [2.05, 4.69) is 10.3 Å². The van der Waals surface area contributed by atoms with Crippen LogP contribution in [0.1, 0.15) is 35.5 Å². The molecule has 1 N–H and O–H groups in total. The molecule has 2 rings (SSSR count). The Labute approximate surface area is 146 Å². The van der Waals surface area contributed by atoms with Gasteiger partial charge in [0.2, 0.25) is 10.0 Å². The van der Waals surface area contributed by atoms with Crippen molar-refractivity contribution in [2.24, 2.45) is 0 Å². The van der Waals surface area contributed by atoms with Crippen LogP contribution in [0.5, 0.6) is 0 Å². The van der Waals surface area contributed by atoms with Crippen LogP contribution in [0.3, 0.4) is 0 Å². The van der Waals surface area contributed by atoms with E-state index in [-0.39, 0.29) is 10.8 Å². The summed E-state index contributed by atoms with van der Waals surface area (Å²) in [7, 11) is -3.60. The van der Waals surface area contributed by atoms with Crippen molar-refractivity contribution in [3.05, 3.63) is 40.4 Å². The molecule has 1 aromatic heterocycles. The molecule has 2 aromatic rings. The van der Waals surface area contributed by atoms with E-state index < -0.39 is 10.0 Å². The zero-order valence-corrected chi connectivity index (χ0v) is 15.8. The van der Waals surface area contributed by atoms with Crippen molar-refractivity contribution in [3.63, 3.8) is 0 Å². The minimum Gasteiger partial charge on any atom is -0.298 e. The van der Waals surface area contributed by atoms with Gasteiger partial charge in [0, 0.05) is 24.0 Å². The number of amides is 1. The number of nitrogens with zero attached hydrogens (tertiary/aromatic N) is 2. The van der Waals surface area contributed by atoms with E-state index >= 15 is 0 Å². The number of aromatic nitrogens is 1. The molecule has 0 aliphatic rings. The number of carbonyl (C=O) groups is 1. The van der Waals surface area contributed by atoms with Crippen LogP contribution in [0.2, 0.25) is 0 Å². The van der Waals surface area contributed by atoms with Gasteiger partial charge < -0.3 is 0 Å². The molecule has 0 bridgehead atoms. The summed E-state index contributed by atoms with van der Waals surface area (Å²) in [5.41, 5.74) is 1.86. The Hall–Kier alpha value is -1.77. The second kappa shape index (κ2) is 7.42.